The lowest BCUT2D eigenvalue weighted by molar-refractivity contribution is 0.625. The number of rotatable bonds is 2. The maximum absolute atomic E-state index is 13.2. The van der Waals surface area contributed by atoms with Crippen molar-refractivity contribution in [3.8, 4) is 17.1 Å². The van der Waals surface area contributed by atoms with E-state index in [1.165, 1.54) is 41.1 Å². The minimum atomic E-state index is -0.446. The number of nitrogens with zero attached hydrogens (tertiary/aromatic N) is 4. The third-order valence-corrected chi connectivity index (χ3v) is 3.50. The van der Waals surface area contributed by atoms with Crippen LogP contribution in [0.2, 0.25) is 0 Å². The number of tetrazole rings is 1. The van der Waals surface area contributed by atoms with Gasteiger partial charge in [-0.15, -0.1) is 5.10 Å². The number of halogens is 3. The Bertz CT molecular complexity index is 752. The average molecular weight is 352 g/mol. The van der Waals surface area contributed by atoms with Gasteiger partial charge in [0.1, 0.15) is 11.6 Å². The highest BCUT2D eigenvalue weighted by atomic mass is 79.9. The Hall–Kier alpha value is -2.35. The van der Waals surface area contributed by atoms with Crippen LogP contribution in [-0.4, -0.2) is 20.2 Å². The molecule has 0 aliphatic carbocycles. The fourth-order valence-corrected chi connectivity index (χ4v) is 2.43. The second-order valence-electron chi connectivity index (χ2n) is 4.24. The van der Waals surface area contributed by atoms with Crippen molar-refractivity contribution in [1.82, 2.24) is 20.2 Å². The quantitative estimate of drug-likeness (QED) is 0.720. The zero-order chi connectivity index (χ0) is 15.0. The lowest BCUT2D eigenvalue weighted by Gasteiger charge is -2.08. The molecule has 0 fully saturated rings. The molecule has 0 aliphatic rings. The van der Waals surface area contributed by atoms with Gasteiger partial charge in [0.25, 0.3) is 0 Å². The molecule has 21 heavy (non-hydrogen) atoms. The molecule has 0 spiro atoms. The van der Waals surface area contributed by atoms with Gasteiger partial charge in [0, 0.05) is 15.7 Å². The molecule has 1 aromatic heterocycles. The van der Waals surface area contributed by atoms with Crippen molar-refractivity contribution in [2.75, 3.05) is 5.73 Å². The fourth-order valence-electron chi connectivity index (χ4n) is 1.91. The maximum atomic E-state index is 13.2. The molecule has 0 saturated heterocycles. The first kappa shape index (κ1) is 13.6. The number of aromatic nitrogens is 4. The Labute approximate surface area is 126 Å². The summed E-state index contributed by atoms with van der Waals surface area (Å²) in [6.07, 6.45) is 0. The largest absolute Gasteiger partial charge is 0.398 e. The van der Waals surface area contributed by atoms with E-state index in [1.54, 1.807) is 0 Å². The molecule has 0 radical (unpaired) electrons. The van der Waals surface area contributed by atoms with Crippen LogP contribution in [0, 0.1) is 11.6 Å². The first-order valence-electron chi connectivity index (χ1n) is 5.85. The first-order chi connectivity index (χ1) is 10.1. The number of hydrogen-bond donors (Lipinski definition) is 1. The van der Waals surface area contributed by atoms with Gasteiger partial charge in [0.2, 0.25) is 0 Å². The van der Waals surface area contributed by atoms with E-state index in [4.69, 9.17) is 5.73 Å². The number of anilines is 1. The van der Waals surface area contributed by atoms with E-state index in [1.807, 2.05) is 0 Å². The second-order valence-corrected chi connectivity index (χ2v) is 5.10. The number of benzene rings is 2. The van der Waals surface area contributed by atoms with E-state index in [0.29, 0.717) is 21.5 Å². The van der Waals surface area contributed by atoms with Gasteiger partial charge < -0.3 is 5.73 Å². The third kappa shape index (κ3) is 2.49. The van der Waals surface area contributed by atoms with E-state index in [2.05, 4.69) is 31.5 Å². The lowest BCUT2D eigenvalue weighted by atomic mass is 10.1. The summed E-state index contributed by atoms with van der Waals surface area (Å²) in [5.74, 6) is -0.500. The molecule has 0 amide bonds. The SMILES string of the molecule is Nc1cc(F)ccc1-c1nnnn1-c1ccc(F)cc1Br. The summed E-state index contributed by atoms with van der Waals surface area (Å²) in [7, 11) is 0. The zero-order valence-corrected chi connectivity index (χ0v) is 12.1. The van der Waals surface area contributed by atoms with Crippen molar-refractivity contribution in [3.05, 3.63) is 52.5 Å². The lowest BCUT2D eigenvalue weighted by Crippen LogP contribution is -2.03. The monoisotopic (exact) mass is 351 g/mol. The van der Waals surface area contributed by atoms with Crippen LogP contribution in [0.1, 0.15) is 0 Å². The molecule has 0 atom stereocenters. The highest BCUT2D eigenvalue weighted by Crippen LogP contribution is 2.29. The van der Waals surface area contributed by atoms with E-state index < -0.39 is 5.82 Å². The Morgan fingerprint density at radius 2 is 1.76 bits per heavy atom. The van der Waals surface area contributed by atoms with E-state index in [-0.39, 0.29) is 11.5 Å². The molecule has 3 aromatic rings. The van der Waals surface area contributed by atoms with Gasteiger partial charge in [-0.25, -0.2) is 8.78 Å². The molecule has 8 heteroatoms. The van der Waals surface area contributed by atoms with Crippen molar-refractivity contribution in [2.24, 2.45) is 0 Å². The van der Waals surface area contributed by atoms with E-state index in [0.717, 1.165) is 0 Å². The van der Waals surface area contributed by atoms with Crippen molar-refractivity contribution < 1.29 is 8.78 Å². The topological polar surface area (TPSA) is 69.6 Å². The Morgan fingerprint density at radius 3 is 2.48 bits per heavy atom. The summed E-state index contributed by atoms with van der Waals surface area (Å²) in [6.45, 7) is 0. The molecule has 5 nitrogen and oxygen atoms in total. The molecular weight excluding hydrogens is 344 g/mol. The highest BCUT2D eigenvalue weighted by Gasteiger charge is 2.16. The Kier molecular flexibility index (Phi) is 3.38. The molecule has 0 bridgehead atoms. The van der Waals surface area contributed by atoms with Crippen LogP contribution >= 0.6 is 15.9 Å². The molecule has 0 saturated carbocycles. The summed E-state index contributed by atoms with van der Waals surface area (Å²) >= 11 is 3.26. The van der Waals surface area contributed by atoms with Crippen molar-refractivity contribution in [2.45, 2.75) is 0 Å². The third-order valence-electron chi connectivity index (χ3n) is 2.86. The predicted molar refractivity (Wildman–Crippen MR) is 76.6 cm³/mol. The van der Waals surface area contributed by atoms with Gasteiger partial charge in [-0.2, -0.15) is 4.68 Å². The normalized spacial score (nSPS) is 10.8. The average Bonchev–Trinajstić information content (AvgIpc) is 2.87. The zero-order valence-electron chi connectivity index (χ0n) is 10.5. The minimum absolute atomic E-state index is 0.212. The Balaban J connectivity index is 2.17. The van der Waals surface area contributed by atoms with E-state index >= 15 is 0 Å². The molecule has 2 aromatic carbocycles. The smallest absolute Gasteiger partial charge is 0.189 e. The van der Waals surface area contributed by atoms with Crippen molar-refractivity contribution in [1.29, 1.82) is 0 Å². The van der Waals surface area contributed by atoms with Crippen LogP contribution in [0.4, 0.5) is 14.5 Å². The molecule has 106 valence electrons. The number of nitrogen functional groups attached to an aromatic ring is 1. The van der Waals surface area contributed by atoms with E-state index in [9.17, 15) is 8.78 Å². The van der Waals surface area contributed by atoms with Crippen LogP contribution in [-0.2, 0) is 0 Å². The molecule has 0 aliphatic heterocycles. The molecule has 3 rings (SSSR count). The second kappa shape index (κ2) is 5.21. The fraction of sp³-hybridized carbons (Fsp3) is 0. The van der Waals surface area contributed by atoms with Gasteiger partial charge >= 0.3 is 0 Å². The number of hydrogen-bond acceptors (Lipinski definition) is 4. The van der Waals surface area contributed by atoms with Crippen LogP contribution < -0.4 is 5.73 Å². The van der Waals surface area contributed by atoms with Gasteiger partial charge in [-0.3, -0.25) is 0 Å². The summed E-state index contributed by atoms with van der Waals surface area (Å²) in [5, 5.41) is 11.4. The van der Waals surface area contributed by atoms with Gasteiger partial charge in [-0.1, -0.05) is 0 Å². The minimum Gasteiger partial charge on any atom is -0.398 e. The van der Waals surface area contributed by atoms with Crippen LogP contribution in [0.25, 0.3) is 17.1 Å². The van der Waals surface area contributed by atoms with Crippen LogP contribution in [0.5, 0.6) is 0 Å². The maximum Gasteiger partial charge on any atom is 0.189 e. The molecular formula is C13H8BrF2N5. The number of nitrogens with two attached hydrogens (primary N) is 1. The van der Waals surface area contributed by atoms with Crippen molar-refractivity contribution in [3.63, 3.8) is 0 Å². The summed E-state index contributed by atoms with van der Waals surface area (Å²) in [6, 6.07) is 8.07. The summed E-state index contributed by atoms with van der Waals surface area (Å²) in [4.78, 5) is 0. The standard InChI is InChI=1S/C13H8BrF2N5/c14-10-5-7(15)2-4-12(10)21-13(18-19-20-21)9-3-1-8(16)6-11(9)17/h1-6H,17H2. The van der Waals surface area contributed by atoms with Crippen LogP contribution in [0.3, 0.4) is 0 Å². The molecule has 1 heterocycles. The Morgan fingerprint density at radius 1 is 1.05 bits per heavy atom. The molecule has 2 N–H and O–H groups in total. The highest BCUT2D eigenvalue weighted by molar-refractivity contribution is 9.10. The van der Waals surface area contributed by atoms with Crippen molar-refractivity contribution >= 4 is 21.6 Å². The predicted octanol–water partition coefficient (Wildman–Crippen LogP) is 2.95. The first-order valence-corrected chi connectivity index (χ1v) is 6.65. The van der Waals surface area contributed by atoms with Crippen LogP contribution in [0.15, 0.2) is 40.9 Å². The summed E-state index contributed by atoms with van der Waals surface area (Å²) in [5.41, 5.74) is 7.04. The summed E-state index contributed by atoms with van der Waals surface area (Å²) < 4.78 is 28.2. The van der Waals surface area contributed by atoms with Gasteiger partial charge in [0.05, 0.1) is 5.69 Å². The van der Waals surface area contributed by atoms with Gasteiger partial charge in [0.15, 0.2) is 5.82 Å². The molecule has 0 unspecified atom stereocenters. The van der Waals surface area contributed by atoms with Gasteiger partial charge in [-0.05, 0) is 62.8 Å².